The fourth-order valence-corrected chi connectivity index (χ4v) is 4.12. The Kier molecular flexibility index (Phi) is 7.29. The van der Waals surface area contributed by atoms with Crippen molar-refractivity contribution in [1.29, 1.82) is 0 Å². The molecule has 6 nitrogen and oxygen atoms in total. The third-order valence-electron chi connectivity index (χ3n) is 4.83. The molecular weight excluding hydrogens is 531 g/mol. The Morgan fingerprint density at radius 1 is 1.09 bits per heavy atom. The van der Waals surface area contributed by atoms with Crippen LogP contribution in [0.3, 0.4) is 0 Å². The first-order valence-corrected chi connectivity index (χ1v) is 11.6. The smallest absolute Gasteiger partial charge is 0.307 e. The predicted molar refractivity (Wildman–Crippen MR) is 137 cm³/mol. The average molecular weight is 554 g/mol. The molecule has 1 N–H and O–H groups in total. The highest BCUT2D eigenvalue weighted by Gasteiger charge is 2.13. The maximum absolute atomic E-state index is 12.4. The number of carbonyl (C=O) groups excluding carboxylic acids is 1. The van der Waals surface area contributed by atoms with E-state index < -0.39 is 5.91 Å². The van der Waals surface area contributed by atoms with Gasteiger partial charge in [-0.1, -0.05) is 48.0 Å². The molecule has 0 aliphatic heterocycles. The van der Waals surface area contributed by atoms with Gasteiger partial charge in [0.1, 0.15) is 12.2 Å². The third-order valence-corrected chi connectivity index (χ3v) is 5.63. The van der Waals surface area contributed by atoms with Gasteiger partial charge in [-0.05, 0) is 71.8 Å². The van der Waals surface area contributed by atoms with E-state index in [2.05, 4.69) is 52.2 Å². The molecule has 0 aliphatic carbocycles. The summed E-state index contributed by atoms with van der Waals surface area (Å²) in [4.78, 5) is 12.4. The van der Waals surface area contributed by atoms with E-state index in [0.29, 0.717) is 30.3 Å². The molecule has 7 heteroatoms. The summed E-state index contributed by atoms with van der Waals surface area (Å²) in [5.74, 6) is 1.10. The number of nitrogens with one attached hydrogen (secondary N) is 1. The zero-order chi connectivity index (χ0) is 23.2. The number of fused-ring (bicyclic) bond motifs is 1. The van der Waals surface area contributed by atoms with Gasteiger partial charge in [0, 0.05) is 5.39 Å². The zero-order valence-electron chi connectivity index (χ0n) is 18.3. The Hall–Kier alpha value is -3.33. The molecule has 0 unspecified atom stereocenters. The Balaban J connectivity index is 1.46. The number of hydrogen-bond acceptors (Lipinski definition) is 5. The lowest BCUT2D eigenvalue weighted by Gasteiger charge is -2.15. The van der Waals surface area contributed by atoms with E-state index in [1.165, 1.54) is 5.56 Å². The minimum atomic E-state index is -0.416. The number of rotatable bonds is 8. The van der Waals surface area contributed by atoms with Crippen LogP contribution in [0.1, 0.15) is 34.2 Å². The summed E-state index contributed by atoms with van der Waals surface area (Å²) in [6.45, 7) is 4.92. The predicted octanol–water partition coefficient (Wildman–Crippen LogP) is 6.09. The van der Waals surface area contributed by atoms with Crippen molar-refractivity contribution >= 4 is 45.7 Å². The first-order valence-electron chi connectivity index (χ1n) is 10.5. The van der Waals surface area contributed by atoms with Crippen LogP contribution in [0.5, 0.6) is 11.5 Å². The Morgan fingerprint density at radius 3 is 2.73 bits per heavy atom. The molecule has 0 saturated heterocycles. The van der Waals surface area contributed by atoms with Crippen molar-refractivity contribution < 1.29 is 18.7 Å². The molecule has 0 fully saturated rings. The number of hydrogen-bond donors (Lipinski definition) is 1. The molecule has 168 valence electrons. The van der Waals surface area contributed by atoms with Gasteiger partial charge in [0.2, 0.25) is 0 Å². The second-order valence-electron chi connectivity index (χ2n) is 7.39. The van der Waals surface area contributed by atoms with Gasteiger partial charge in [0.05, 0.1) is 16.4 Å². The maximum Gasteiger partial charge on any atom is 0.307 e. The molecule has 0 atom stereocenters. The van der Waals surface area contributed by atoms with E-state index in [4.69, 9.17) is 13.9 Å². The molecule has 3 aromatic carbocycles. The summed E-state index contributed by atoms with van der Waals surface area (Å²) in [7, 11) is 0. The van der Waals surface area contributed by atoms with E-state index in [0.717, 1.165) is 20.1 Å². The summed E-state index contributed by atoms with van der Waals surface area (Å²) in [6.07, 6.45) is 1.57. The number of halogens is 1. The number of amides is 1. The Morgan fingerprint density at radius 2 is 1.94 bits per heavy atom. The maximum atomic E-state index is 12.4. The summed E-state index contributed by atoms with van der Waals surface area (Å²) in [6, 6.07) is 21.1. The lowest BCUT2D eigenvalue weighted by Crippen LogP contribution is -2.16. The van der Waals surface area contributed by atoms with Crippen LogP contribution >= 0.6 is 22.6 Å². The number of benzene rings is 3. The van der Waals surface area contributed by atoms with Gasteiger partial charge in [-0.15, -0.1) is 0 Å². The standard InChI is InChI=1S/C26H23IN2O4/c1-3-31-23-13-19(12-21(27)25(23)32-16-18-8-6-7-17(2)11-18)15-28-29-26(30)24-14-20-9-4-5-10-22(20)33-24/h4-15H,3,16H2,1-2H3,(H,29,30)/b28-15+. The molecule has 0 saturated carbocycles. The Bertz CT molecular complexity index is 1280. The fraction of sp³-hybridized carbons (Fsp3) is 0.154. The van der Waals surface area contributed by atoms with E-state index >= 15 is 0 Å². The number of carbonyl (C=O) groups is 1. The normalized spacial score (nSPS) is 11.1. The lowest BCUT2D eigenvalue weighted by atomic mass is 10.1. The van der Waals surface area contributed by atoms with Crippen LogP contribution in [0.15, 0.2) is 76.2 Å². The quantitative estimate of drug-likeness (QED) is 0.163. The van der Waals surface area contributed by atoms with E-state index in [-0.39, 0.29) is 5.76 Å². The first kappa shape index (κ1) is 22.8. The average Bonchev–Trinajstić information content (AvgIpc) is 3.23. The molecule has 1 amide bonds. The van der Waals surface area contributed by atoms with Crippen molar-refractivity contribution in [2.24, 2.45) is 5.10 Å². The van der Waals surface area contributed by atoms with E-state index in [1.807, 2.05) is 55.5 Å². The highest BCUT2D eigenvalue weighted by molar-refractivity contribution is 14.1. The van der Waals surface area contributed by atoms with Gasteiger partial charge in [0.25, 0.3) is 0 Å². The largest absolute Gasteiger partial charge is 0.490 e. The monoisotopic (exact) mass is 554 g/mol. The van der Waals surface area contributed by atoms with Crippen LogP contribution in [0.2, 0.25) is 0 Å². The number of nitrogens with zero attached hydrogens (tertiary/aromatic N) is 1. The van der Waals surface area contributed by atoms with Crippen LogP contribution < -0.4 is 14.9 Å². The molecule has 1 aromatic heterocycles. The second kappa shape index (κ2) is 10.5. The first-order chi connectivity index (χ1) is 16.0. The minimum Gasteiger partial charge on any atom is -0.490 e. The van der Waals surface area contributed by atoms with Gasteiger partial charge in [-0.25, -0.2) is 5.43 Å². The van der Waals surface area contributed by atoms with Crippen LogP contribution in [-0.4, -0.2) is 18.7 Å². The number of hydrazone groups is 1. The molecule has 0 spiro atoms. The molecular formula is C26H23IN2O4. The van der Waals surface area contributed by atoms with Gasteiger partial charge in [0.15, 0.2) is 17.3 Å². The van der Waals surface area contributed by atoms with Crippen molar-refractivity contribution in [2.45, 2.75) is 20.5 Å². The Labute approximate surface area is 205 Å². The van der Waals surface area contributed by atoms with Crippen LogP contribution in [0, 0.1) is 10.5 Å². The summed E-state index contributed by atoms with van der Waals surface area (Å²) in [5, 5.41) is 4.94. The number of furan rings is 1. The van der Waals surface area contributed by atoms with Crippen LogP contribution in [0.4, 0.5) is 0 Å². The number of ether oxygens (including phenoxy) is 2. The highest BCUT2D eigenvalue weighted by Crippen LogP contribution is 2.34. The van der Waals surface area contributed by atoms with Crippen molar-refractivity contribution in [3.05, 3.63) is 92.8 Å². The fourth-order valence-electron chi connectivity index (χ4n) is 3.34. The molecule has 1 heterocycles. The van der Waals surface area contributed by atoms with Crippen molar-refractivity contribution in [3.8, 4) is 11.5 Å². The van der Waals surface area contributed by atoms with Gasteiger partial charge >= 0.3 is 5.91 Å². The molecule has 0 aliphatic rings. The van der Waals surface area contributed by atoms with Gasteiger partial charge < -0.3 is 13.9 Å². The van der Waals surface area contributed by atoms with Crippen LogP contribution in [-0.2, 0) is 6.61 Å². The van der Waals surface area contributed by atoms with Gasteiger partial charge in [-0.2, -0.15) is 5.10 Å². The molecule has 4 aromatic rings. The number of aryl methyl sites for hydroxylation is 1. The zero-order valence-corrected chi connectivity index (χ0v) is 20.5. The molecule has 33 heavy (non-hydrogen) atoms. The SMILES string of the molecule is CCOc1cc(/C=N/NC(=O)c2cc3ccccc3o2)cc(I)c1OCc1cccc(C)c1. The van der Waals surface area contributed by atoms with Crippen LogP contribution in [0.25, 0.3) is 11.0 Å². The molecule has 0 bridgehead atoms. The minimum absolute atomic E-state index is 0.206. The highest BCUT2D eigenvalue weighted by atomic mass is 127. The molecule has 4 rings (SSSR count). The van der Waals surface area contributed by atoms with E-state index in [1.54, 1.807) is 12.3 Å². The third kappa shape index (κ3) is 5.73. The summed E-state index contributed by atoms with van der Waals surface area (Å²) >= 11 is 2.21. The van der Waals surface area contributed by atoms with Crippen molar-refractivity contribution in [2.75, 3.05) is 6.61 Å². The second-order valence-corrected chi connectivity index (χ2v) is 8.55. The summed E-state index contributed by atoms with van der Waals surface area (Å²) in [5.41, 5.74) is 6.22. The molecule has 0 radical (unpaired) electrons. The topological polar surface area (TPSA) is 73.1 Å². The van der Waals surface area contributed by atoms with E-state index in [9.17, 15) is 4.79 Å². The lowest BCUT2D eigenvalue weighted by molar-refractivity contribution is 0.0929. The van der Waals surface area contributed by atoms with Gasteiger partial charge in [-0.3, -0.25) is 4.79 Å². The summed E-state index contributed by atoms with van der Waals surface area (Å²) < 4.78 is 18.3. The number of para-hydroxylation sites is 1. The van der Waals surface area contributed by atoms with Crippen molar-refractivity contribution in [3.63, 3.8) is 0 Å². The van der Waals surface area contributed by atoms with Crippen molar-refractivity contribution in [1.82, 2.24) is 5.43 Å².